The van der Waals surface area contributed by atoms with E-state index < -0.39 is 0 Å². The third-order valence-corrected chi connectivity index (χ3v) is 3.29. The first-order valence-corrected chi connectivity index (χ1v) is 8.00. The van der Waals surface area contributed by atoms with Gasteiger partial charge in [0.05, 0.1) is 0 Å². The summed E-state index contributed by atoms with van der Waals surface area (Å²) < 4.78 is 0. The van der Waals surface area contributed by atoms with E-state index in [0.29, 0.717) is 12.1 Å². The van der Waals surface area contributed by atoms with Gasteiger partial charge in [-0.3, -0.25) is 0 Å². The van der Waals surface area contributed by atoms with Crippen LogP contribution in [0.15, 0.2) is 0 Å². The van der Waals surface area contributed by atoms with Crippen molar-refractivity contribution in [3.63, 3.8) is 0 Å². The summed E-state index contributed by atoms with van der Waals surface area (Å²) in [6.07, 6.45) is 5.91. The van der Waals surface area contributed by atoms with E-state index in [1.54, 1.807) is 0 Å². The molecule has 0 bridgehead atoms. The molecular weight excluding hydrogens is 236 g/mol. The first kappa shape index (κ1) is 18.8. The minimum Gasteiger partial charge on any atom is -0.328 e. The molecular formula is C15H36N4. The highest BCUT2D eigenvalue weighted by Crippen LogP contribution is 2.00. The van der Waals surface area contributed by atoms with Gasteiger partial charge in [0.2, 0.25) is 0 Å². The van der Waals surface area contributed by atoms with Gasteiger partial charge < -0.3 is 21.7 Å². The molecule has 0 aliphatic rings. The maximum absolute atomic E-state index is 5.82. The summed E-state index contributed by atoms with van der Waals surface area (Å²) in [5.41, 5.74) is 11.5. The molecule has 0 aliphatic carbocycles. The third kappa shape index (κ3) is 14.1. The molecule has 0 saturated heterocycles. The molecule has 0 aromatic rings. The zero-order valence-corrected chi connectivity index (χ0v) is 13.3. The van der Waals surface area contributed by atoms with Gasteiger partial charge in [0.25, 0.3) is 0 Å². The van der Waals surface area contributed by atoms with Gasteiger partial charge in [-0.15, -0.1) is 0 Å². The Morgan fingerprint density at radius 2 is 1.58 bits per heavy atom. The summed E-state index contributed by atoms with van der Waals surface area (Å²) in [6.45, 7) is 12.1. The van der Waals surface area contributed by atoms with Crippen LogP contribution in [0.1, 0.15) is 52.9 Å². The fraction of sp³-hybridized carbons (Fsp3) is 1.00. The van der Waals surface area contributed by atoms with Crippen LogP contribution >= 0.6 is 0 Å². The molecule has 2 atom stereocenters. The molecule has 0 aromatic heterocycles. The van der Waals surface area contributed by atoms with Gasteiger partial charge >= 0.3 is 0 Å². The van der Waals surface area contributed by atoms with Crippen LogP contribution in [0.25, 0.3) is 0 Å². The molecule has 4 nitrogen and oxygen atoms in total. The van der Waals surface area contributed by atoms with E-state index in [0.717, 1.165) is 32.5 Å². The monoisotopic (exact) mass is 272 g/mol. The van der Waals surface area contributed by atoms with E-state index in [2.05, 4.69) is 31.0 Å². The Morgan fingerprint density at radius 1 is 0.895 bits per heavy atom. The zero-order valence-electron chi connectivity index (χ0n) is 13.3. The lowest BCUT2D eigenvalue weighted by molar-refractivity contribution is 0.259. The predicted molar refractivity (Wildman–Crippen MR) is 85.4 cm³/mol. The standard InChI is InChI=1S/C15H36N4/c1-4-11-19(13-8-15(3)17)12-6-5-9-18-10-7-14(2)16/h14-15,18H,4-13,16-17H2,1-3H3. The van der Waals surface area contributed by atoms with Crippen molar-refractivity contribution in [2.24, 2.45) is 11.5 Å². The van der Waals surface area contributed by atoms with Gasteiger partial charge in [0, 0.05) is 12.1 Å². The van der Waals surface area contributed by atoms with E-state index in [9.17, 15) is 0 Å². The Balaban J connectivity index is 3.47. The van der Waals surface area contributed by atoms with Crippen molar-refractivity contribution in [3.05, 3.63) is 0 Å². The van der Waals surface area contributed by atoms with E-state index in [1.165, 1.54) is 32.4 Å². The normalized spacial score (nSPS) is 14.8. The molecule has 4 heteroatoms. The number of nitrogens with two attached hydrogens (primary N) is 2. The fourth-order valence-electron chi connectivity index (χ4n) is 2.08. The first-order chi connectivity index (χ1) is 9.06. The number of unbranched alkanes of at least 4 members (excludes halogenated alkanes) is 1. The zero-order chi connectivity index (χ0) is 14.5. The highest BCUT2D eigenvalue weighted by molar-refractivity contribution is 4.63. The summed E-state index contributed by atoms with van der Waals surface area (Å²) in [6, 6.07) is 0.630. The summed E-state index contributed by atoms with van der Waals surface area (Å²) in [4.78, 5) is 2.55. The SMILES string of the molecule is CCCN(CCCCNCCC(C)N)CCC(C)N. The van der Waals surface area contributed by atoms with E-state index in [-0.39, 0.29) is 0 Å². The molecule has 0 amide bonds. The molecule has 0 fully saturated rings. The van der Waals surface area contributed by atoms with Crippen molar-refractivity contribution in [3.8, 4) is 0 Å². The lowest BCUT2D eigenvalue weighted by Crippen LogP contribution is -2.31. The van der Waals surface area contributed by atoms with Crippen LogP contribution in [-0.4, -0.2) is 49.7 Å². The van der Waals surface area contributed by atoms with Gasteiger partial charge in [-0.1, -0.05) is 6.92 Å². The van der Waals surface area contributed by atoms with Crippen molar-refractivity contribution < 1.29 is 0 Å². The highest BCUT2D eigenvalue weighted by atomic mass is 15.1. The van der Waals surface area contributed by atoms with Crippen molar-refractivity contribution in [1.29, 1.82) is 0 Å². The number of hydrogen-bond donors (Lipinski definition) is 3. The Kier molecular flexibility index (Phi) is 12.7. The van der Waals surface area contributed by atoms with E-state index in [1.807, 2.05) is 0 Å². The van der Waals surface area contributed by atoms with Gasteiger partial charge in [-0.25, -0.2) is 0 Å². The van der Waals surface area contributed by atoms with Crippen molar-refractivity contribution in [2.75, 3.05) is 32.7 Å². The number of nitrogens with zero attached hydrogens (tertiary/aromatic N) is 1. The Labute approximate surface area is 120 Å². The lowest BCUT2D eigenvalue weighted by atomic mass is 10.2. The summed E-state index contributed by atoms with van der Waals surface area (Å²) >= 11 is 0. The first-order valence-electron chi connectivity index (χ1n) is 8.00. The van der Waals surface area contributed by atoms with Gasteiger partial charge in [-0.05, 0) is 78.7 Å². The van der Waals surface area contributed by atoms with Gasteiger partial charge in [0.1, 0.15) is 0 Å². The average molecular weight is 272 g/mol. The second kappa shape index (κ2) is 12.9. The van der Waals surface area contributed by atoms with Crippen LogP contribution in [0.5, 0.6) is 0 Å². The lowest BCUT2D eigenvalue weighted by Gasteiger charge is -2.22. The summed E-state index contributed by atoms with van der Waals surface area (Å²) in [7, 11) is 0. The van der Waals surface area contributed by atoms with Gasteiger partial charge in [-0.2, -0.15) is 0 Å². The quantitative estimate of drug-likeness (QED) is 0.445. The van der Waals surface area contributed by atoms with Crippen LogP contribution in [0.3, 0.4) is 0 Å². The smallest absolute Gasteiger partial charge is 0.00226 e. The highest BCUT2D eigenvalue weighted by Gasteiger charge is 2.04. The molecule has 0 saturated carbocycles. The summed E-state index contributed by atoms with van der Waals surface area (Å²) in [5, 5.41) is 3.45. The number of rotatable bonds is 13. The Hall–Kier alpha value is -0.160. The molecule has 0 aromatic carbocycles. The molecule has 0 heterocycles. The van der Waals surface area contributed by atoms with Crippen molar-refractivity contribution in [2.45, 2.75) is 65.0 Å². The largest absolute Gasteiger partial charge is 0.328 e. The molecule has 116 valence electrons. The van der Waals surface area contributed by atoms with Gasteiger partial charge in [0.15, 0.2) is 0 Å². The Morgan fingerprint density at radius 3 is 2.16 bits per heavy atom. The van der Waals surface area contributed by atoms with Crippen LogP contribution in [0.2, 0.25) is 0 Å². The third-order valence-electron chi connectivity index (χ3n) is 3.29. The summed E-state index contributed by atoms with van der Waals surface area (Å²) in [5.74, 6) is 0. The maximum Gasteiger partial charge on any atom is 0.00226 e. The second-order valence-corrected chi connectivity index (χ2v) is 5.83. The second-order valence-electron chi connectivity index (χ2n) is 5.83. The molecule has 2 unspecified atom stereocenters. The molecule has 0 rings (SSSR count). The molecule has 5 N–H and O–H groups in total. The molecule has 0 aliphatic heterocycles. The average Bonchev–Trinajstić information content (AvgIpc) is 2.34. The Bertz CT molecular complexity index is 183. The van der Waals surface area contributed by atoms with E-state index in [4.69, 9.17) is 11.5 Å². The molecule has 19 heavy (non-hydrogen) atoms. The van der Waals surface area contributed by atoms with Crippen LogP contribution in [-0.2, 0) is 0 Å². The molecule has 0 radical (unpaired) electrons. The van der Waals surface area contributed by atoms with Crippen LogP contribution in [0.4, 0.5) is 0 Å². The van der Waals surface area contributed by atoms with E-state index >= 15 is 0 Å². The minimum atomic E-state index is 0.311. The van der Waals surface area contributed by atoms with Crippen LogP contribution in [0, 0.1) is 0 Å². The minimum absolute atomic E-state index is 0.311. The molecule has 0 spiro atoms. The topological polar surface area (TPSA) is 67.3 Å². The van der Waals surface area contributed by atoms with Crippen molar-refractivity contribution in [1.82, 2.24) is 10.2 Å². The maximum atomic E-state index is 5.82. The number of nitrogens with one attached hydrogen (secondary N) is 1. The fourth-order valence-corrected chi connectivity index (χ4v) is 2.08. The van der Waals surface area contributed by atoms with Crippen molar-refractivity contribution >= 4 is 0 Å². The predicted octanol–water partition coefficient (Wildman–Crippen LogP) is 1.54. The number of hydrogen-bond acceptors (Lipinski definition) is 4. The van der Waals surface area contributed by atoms with Crippen LogP contribution < -0.4 is 16.8 Å².